The third-order valence-electron chi connectivity index (χ3n) is 3.44. The van der Waals surface area contributed by atoms with E-state index >= 15 is 0 Å². The Labute approximate surface area is 124 Å². The van der Waals surface area contributed by atoms with Crippen LogP contribution in [-0.2, 0) is 6.42 Å². The smallest absolute Gasteiger partial charge is 0.164 e. The molecular weight excluding hydrogens is 248 g/mol. The standard InChI is InChI=1S/C18H30O2/c1-4-7-9-14-19-17-13-11-12-16(6-3)18(17)20-15-10-8-5-2/h11-13H,4-10,14-15H2,1-3H3. The second-order valence-electron chi connectivity index (χ2n) is 5.21. The molecule has 2 nitrogen and oxygen atoms in total. The van der Waals surface area contributed by atoms with Crippen LogP contribution in [0.3, 0.4) is 0 Å². The Morgan fingerprint density at radius 3 is 2.05 bits per heavy atom. The molecule has 0 unspecified atom stereocenters. The zero-order valence-electron chi connectivity index (χ0n) is 13.4. The van der Waals surface area contributed by atoms with Crippen molar-refractivity contribution in [3.63, 3.8) is 0 Å². The summed E-state index contributed by atoms with van der Waals surface area (Å²) in [7, 11) is 0. The van der Waals surface area contributed by atoms with Crippen LogP contribution >= 0.6 is 0 Å². The van der Waals surface area contributed by atoms with E-state index in [-0.39, 0.29) is 0 Å². The van der Waals surface area contributed by atoms with Gasteiger partial charge < -0.3 is 9.47 Å². The summed E-state index contributed by atoms with van der Waals surface area (Å²) in [6.07, 6.45) is 8.10. The fraction of sp³-hybridized carbons (Fsp3) is 0.667. The molecule has 2 heteroatoms. The summed E-state index contributed by atoms with van der Waals surface area (Å²) < 4.78 is 11.9. The molecule has 0 aliphatic heterocycles. The number of rotatable bonds is 11. The lowest BCUT2D eigenvalue weighted by atomic mass is 10.1. The topological polar surface area (TPSA) is 18.5 Å². The minimum absolute atomic E-state index is 0.784. The molecule has 0 atom stereocenters. The van der Waals surface area contributed by atoms with Gasteiger partial charge in [-0.2, -0.15) is 0 Å². The summed E-state index contributed by atoms with van der Waals surface area (Å²) in [4.78, 5) is 0. The van der Waals surface area contributed by atoms with Gasteiger partial charge in [0.1, 0.15) is 0 Å². The average molecular weight is 278 g/mol. The number of hydrogen-bond acceptors (Lipinski definition) is 2. The average Bonchev–Trinajstić information content (AvgIpc) is 2.48. The van der Waals surface area contributed by atoms with Crippen molar-refractivity contribution in [1.82, 2.24) is 0 Å². The van der Waals surface area contributed by atoms with Crippen LogP contribution in [0.5, 0.6) is 11.5 Å². The molecule has 0 heterocycles. The van der Waals surface area contributed by atoms with Gasteiger partial charge in [-0.05, 0) is 30.9 Å². The van der Waals surface area contributed by atoms with Crippen molar-refractivity contribution in [2.75, 3.05) is 13.2 Å². The lowest BCUT2D eigenvalue weighted by Gasteiger charge is -2.16. The molecule has 0 aliphatic carbocycles. The maximum absolute atomic E-state index is 5.99. The molecule has 114 valence electrons. The van der Waals surface area contributed by atoms with Crippen molar-refractivity contribution in [2.45, 2.75) is 65.7 Å². The summed E-state index contributed by atoms with van der Waals surface area (Å²) in [5, 5.41) is 0. The van der Waals surface area contributed by atoms with Gasteiger partial charge in [-0.3, -0.25) is 0 Å². The molecule has 0 N–H and O–H groups in total. The summed E-state index contributed by atoms with van der Waals surface area (Å²) in [6.45, 7) is 8.15. The van der Waals surface area contributed by atoms with E-state index in [1.54, 1.807) is 0 Å². The molecule has 0 radical (unpaired) electrons. The number of para-hydroxylation sites is 1. The Balaban J connectivity index is 2.61. The molecule has 1 aromatic carbocycles. The summed E-state index contributed by atoms with van der Waals surface area (Å²) >= 11 is 0. The van der Waals surface area contributed by atoms with Gasteiger partial charge in [0, 0.05) is 0 Å². The van der Waals surface area contributed by atoms with Crippen molar-refractivity contribution in [1.29, 1.82) is 0 Å². The van der Waals surface area contributed by atoms with Gasteiger partial charge in [-0.15, -0.1) is 0 Å². The van der Waals surface area contributed by atoms with Crippen LogP contribution in [0.4, 0.5) is 0 Å². The number of ether oxygens (including phenoxy) is 2. The van der Waals surface area contributed by atoms with Gasteiger partial charge in [0.15, 0.2) is 11.5 Å². The van der Waals surface area contributed by atoms with Gasteiger partial charge in [-0.1, -0.05) is 58.6 Å². The molecule has 0 saturated heterocycles. The first-order chi connectivity index (χ1) is 9.83. The monoisotopic (exact) mass is 278 g/mol. The molecule has 0 fully saturated rings. The highest BCUT2D eigenvalue weighted by Gasteiger charge is 2.09. The van der Waals surface area contributed by atoms with Gasteiger partial charge in [0.05, 0.1) is 13.2 Å². The quantitative estimate of drug-likeness (QED) is 0.505. The van der Waals surface area contributed by atoms with E-state index in [1.807, 2.05) is 6.07 Å². The van der Waals surface area contributed by atoms with Crippen LogP contribution in [0.25, 0.3) is 0 Å². The van der Waals surface area contributed by atoms with E-state index in [0.717, 1.165) is 44.0 Å². The largest absolute Gasteiger partial charge is 0.490 e. The van der Waals surface area contributed by atoms with Gasteiger partial charge in [-0.25, -0.2) is 0 Å². The van der Waals surface area contributed by atoms with E-state index in [9.17, 15) is 0 Å². The maximum Gasteiger partial charge on any atom is 0.164 e. The van der Waals surface area contributed by atoms with E-state index in [2.05, 4.69) is 32.9 Å². The van der Waals surface area contributed by atoms with Crippen LogP contribution in [0.1, 0.15) is 64.9 Å². The maximum atomic E-state index is 5.99. The Morgan fingerprint density at radius 1 is 0.800 bits per heavy atom. The summed E-state index contributed by atoms with van der Waals surface area (Å²) in [5.74, 6) is 1.87. The third-order valence-corrected chi connectivity index (χ3v) is 3.44. The molecule has 0 bridgehead atoms. The number of benzene rings is 1. The summed E-state index contributed by atoms with van der Waals surface area (Å²) in [6, 6.07) is 6.22. The van der Waals surface area contributed by atoms with Crippen molar-refractivity contribution in [2.24, 2.45) is 0 Å². The van der Waals surface area contributed by atoms with Crippen LogP contribution < -0.4 is 9.47 Å². The Kier molecular flexibility index (Phi) is 8.93. The molecule has 0 saturated carbocycles. The number of aryl methyl sites for hydroxylation is 1. The highest BCUT2D eigenvalue weighted by molar-refractivity contribution is 5.46. The zero-order valence-corrected chi connectivity index (χ0v) is 13.4. The fourth-order valence-corrected chi connectivity index (χ4v) is 2.18. The van der Waals surface area contributed by atoms with Gasteiger partial charge in [0.25, 0.3) is 0 Å². The number of unbranched alkanes of at least 4 members (excludes halogenated alkanes) is 4. The predicted octanol–water partition coefficient (Wildman–Crippen LogP) is 5.39. The molecule has 20 heavy (non-hydrogen) atoms. The molecule has 1 rings (SSSR count). The van der Waals surface area contributed by atoms with E-state index in [0.29, 0.717) is 0 Å². The third kappa shape index (κ3) is 5.85. The highest BCUT2D eigenvalue weighted by atomic mass is 16.5. The van der Waals surface area contributed by atoms with Crippen LogP contribution in [-0.4, -0.2) is 13.2 Å². The van der Waals surface area contributed by atoms with Gasteiger partial charge >= 0.3 is 0 Å². The normalized spacial score (nSPS) is 10.6. The van der Waals surface area contributed by atoms with Crippen molar-refractivity contribution >= 4 is 0 Å². The SMILES string of the molecule is CCCCCOc1cccc(CC)c1OCCCCC. The van der Waals surface area contributed by atoms with E-state index in [4.69, 9.17) is 9.47 Å². The van der Waals surface area contributed by atoms with Crippen molar-refractivity contribution in [3.8, 4) is 11.5 Å². The van der Waals surface area contributed by atoms with E-state index in [1.165, 1.54) is 31.2 Å². The Hall–Kier alpha value is -1.18. The fourth-order valence-electron chi connectivity index (χ4n) is 2.18. The zero-order chi connectivity index (χ0) is 14.6. The summed E-state index contributed by atoms with van der Waals surface area (Å²) in [5.41, 5.74) is 1.24. The van der Waals surface area contributed by atoms with E-state index < -0.39 is 0 Å². The minimum atomic E-state index is 0.784. The molecule has 0 spiro atoms. The second kappa shape index (κ2) is 10.6. The van der Waals surface area contributed by atoms with Crippen LogP contribution in [0, 0.1) is 0 Å². The molecule has 0 aromatic heterocycles. The van der Waals surface area contributed by atoms with Gasteiger partial charge in [0.2, 0.25) is 0 Å². The first-order valence-electron chi connectivity index (χ1n) is 8.20. The number of hydrogen-bond donors (Lipinski definition) is 0. The first kappa shape index (κ1) is 16.9. The van der Waals surface area contributed by atoms with Crippen molar-refractivity contribution < 1.29 is 9.47 Å². The van der Waals surface area contributed by atoms with Crippen molar-refractivity contribution in [3.05, 3.63) is 23.8 Å². The first-order valence-corrected chi connectivity index (χ1v) is 8.20. The predicted molar refractivity (Wildman–Crippen MR) is 85.9 cm³/mol. The Bertz CT molecular complexity index is 360. The van der Waals surface area contributed by atoms with Crippen LogP contribution in [0.2, 0.25) is 0 Å². The molecule has 0 amide bonds. The molecule has 0 aliphatic rings. The lowest BCUT2D eigenvalue weighted by molar-refractivity contribution is 0.257. The molecule has 1 aromatic rings. The molecular formula is C18H30O2. The van der Waals surface area contributed by atoms with Crippen LogP contribution in [0.15, 0.2) is 18.2 Å². The second-order valence-corrected chi connectivity index (χ2v) is 5.21. The minimum Gasteiger partial charge on any atom is -0.490 e. The Morgan fingerprint density at radius 2 is 1.45 bits per heavy atom. The lowest BCUT2D eigenvalue weighted by Crippen LogP contribution is -2.04. The highest BCUT2D eigenvalue weighted by Crippen LogP contribution is 2.32.